The molecule has 0 aliphatic heterocycles. The first-order chi connectivity index (χ1) is 12.9. The van der Waals surface area contributed by atoms with Crippen LogP contribution in [-0.4, -0.2) is 23.2 Å². The fraction of sp³-hybridized carbons (Fsp3) is 0.250. The van der Waals surface area contributed by atoms with E-state index in [-0.39, 0.29) is 6.42 Å². The molecule has 1 aromatic carbocycles. The van der Waals surface area contributed by atoms with Gasteiger partial charge in [0.05, 0.1) is 6.21 Å². The molecule has 0 fully saturated rings. The van der Waals surface area contributed by atoms with E-state index < -0.39 is 29.0 Å². The first kappa shape index (κ1) is 19.0. The van der Waals surface area contributed by atoms with Crippen LogP contribution in [0.5, 0.6) is 0 Å². The Morgan fingerprint density at radius 1 is 1.33 bits per heavy atom. The molecular formula is C20H19FN2O3S. The first-order valence-corrected chi connectivity index (χ1v) is 9.33. The number of hydrogen-bond acceptors (Lipinski definition) is 4. The average molecular weight is 386 g/mol. The molecule has 2 atom stereocenters. The molecule has 0 saturated heterocycles. The zero-order valence-electron chi connectivity index (χ0n) is 14.7. The van der Waals surface area contributed by atoms with Gasteiger partial charge in [-0.05, 0) is 48.9 Å². The van der Waals surface area contributed by atoms with Gasteiger partial charge in [0, 0.05) is 10.8 Å². The summed E-state index contributed by atoms with van der Waals surface area (Å²) in [5.74, 6) is -2.92. The third-order valence-corrected chi connectivity index (χ3v) is 5.66. The molecule has 1 amide bonds. The molecule has 1 heterocycles. The number of nitrogens with zero attached hydrogens (tertiary/aromatic N) is 1. The quantitative estimate of drug-likeness (QED) is 0.354. The number of aliphatic carboxylic acids is 1. The number of amides is 1. The second-order valence-corrected chi connectivity index (χ2v) is 7.53. The van der Waals surface area contributed by atoms with Crippen molar-refractivity contribution in [1.82, 2.24) is 5.43 Å². The molecule has 5 nitrogen and oxygen atoms in total. The number of rotatable bonds is 5. The Labute approximate surface area is 160 Å². The van der Waals surface area contributed by atoms with Gasteiger partial charge in [-0.25, -0.2) is 9.82 Å². The van der Waals surface area contributed by atoms with Crippen LogP contribution in [0.25, 0.3) is 0 Å². The lowest BCUT2D eigenvalue weighted by Gasteiger charge is -2.38. The van der Waals surface area contributed by atoms with Crippen molar-refractivity contribution in [2.75, 3.05) is 0 Å². The molecule has 3 rings (SSSR count). The Balaban J connectivity index is 1.94. The van der Waals surface area contributed by atoms with Crippen molar-refractivity contribution in [3.63, 3.8) is 0 Å². The summed E-state index contributed by atoms with van der Waals surface area (Å²) in [6.07, 6.45) is 3.71. The fourth-order valence-corrected chi connectivity index (χ4v) is 3.94. The molecule has 7 heteroatoms. The van der Waals surface area contributed by atoms with Gasteiger partial charge in [0.25, 0.3) is 5.91 Å². The normalized spacial score (nSPS) is 22.4. The monoisotopic (exact) mass is 386 g/mol. The number of carboxylic acids is 1. The van der Waals surface area contributed by atoms with Crippen LogP contribution >= 0.6 is 11.3 Å². The number of allylic oxidation sites excluding steroid dienone is 2. The smallest absolute Gasteiger partial charge is 0.320 e. The number of nitrogens with one attached hydrogen (secondary N) is 1. The highest BCUT2D eigenvalue weighted by Crippen LogP contribution is 2.47. The molecule has 2 unspecified atom stereocenters. The molecule has 0 radical (unpaired) electrons. The van der Waals surface area contributed by atoms with E-state index in [1.165, 1.54) is 29.7 Å². The standard InChI is InChI=1S/C20H19FN2O3S/c1-13-8-9-20(19(25)26,17(11-13)14-4-6-15(21)7-5-14)18(24)23-22-12-16-3-2-10-27-16/h2-8,10,12,17H,9,11H2,1H3,(H,23,24)(H,25,26)/b22-12+. The first-order valence-electron chi connectivity index (χ1n) is 8.45. The zero-order chi connectivity index (χ0) is 19.4. The summed E-state index contributed by atoms with van der Waals surface area (Å²) in [7, 11) is 0. The highest BCUT2D eigenvalue weighted by Gasteiger charge is 2.53. The van der Waals surface area contributed by atoms with Crippen molar-refractivity contribution in [3.8, 4) is 0 Å². The number of carbonyl (C=O) groups is 2. The van der Waals surface area contributed by atoms with Crippen molar-refractivity contribution in [2.45, 2.75) is 25.7 Å². The molecule has 1 aliphatic rings. The molecule has 2 N–H and O–H groups in total. The lowest BCUT2D eigenvalue weighted by atomic mass is 9.64. The van der Waals surface area contributed by atoms with E-state index in [0.29, 0.717) is 12.0 Å². The van der Waals surface area contributed by atoms with Gasteiger partial charge in [-0.2, -0.15) is 5.10 Å². The summed E-state index contributed by atoms with van der Waals surface area (Å²) in [4.78, 5) is 26.0. The third-order valence-electron chi connectivity index (χ3n) is 4.85. The van der Waals surface area contributed by atoms with E-state index in [4.69, 9.17) is 0 Å². The van der Waals surface area contributed by atoms with Crippen molar-refractivity contribution in [3.05, 3.63) is 69.7 Å². The van der Waals surface area contributed by atoms with Gasteiger partial charge in [-0.3, -0.25) is 9.59 Å². The molecule has 2 aromatic rings. The van der Waals surface area contributed by atoms with E-state index >= 15 is 0 Å². The molecule has 27 heavy (non-hydrogen) atoms. The number of halogens is 1. The minimum Gasteiger partial charge on any atom is -0.480 e. The topological polar surface area (TPSA) is 78.8 Å². The molecular weight excluding hydrogens is 367 g/mol. The Hall–Kier alpha value is -2.80. The van der Waals surface area contributed by atoms with Gasteiger partial charge in [-0.1, -0.05) is 29.8 Å². The Morgan fingerprint density at radius 2 is 2.07 bits per heavy atom. The maximum absolute atomic E-state index is 13.3. The van der Waals surface area contributed by atoms with Crippen LogP contribution in [-0.2, 0) is 9.59 Å². The predicted octanol–water partition coefficient (Wildman–Crippen LogP) is 3.93. The molecule has 140 valence electrons. The molecule has 1 aromatic heterocycles. The van der Waals surface area contributed by atoms with Crippen molar-refractivity contribution in [2.24, 2.45) is 10.5 Å². The Bertz CT molecular complexity index is 890. The largest absolute Gasteiger partial charge is 0.480 e. The predicted molar refractivity (Wildman–Crippen MR) is 102 cm³/mol. The van der Waals surface area contributed by atoms with Gasteiger partial charge in [0.1, 0.15) is 5.82 Å². The van der Waals surface area contributed by atoms with E-state index in [0.717, 1.165) is 10.5 Å². The summed E-state index contributed by atoms with van der Waals surface area (Å²) in [6, 6.07) is 9.33. The number of benzene rings is 1. The Kier molecular flexibility index (Phi) is 5.51. The summed E-state index contributed by atoms with van der Waals surface area (Å²) < 4.78 is 13.3. The van der Waals surface area contributed by atoms with Crippen LogP contribution in [0.4, 0.5) is 4.39 Å². The second kappa shape index (κ2) is 7.84. The second-order valence-electron chi connectivity index (χ2n) is 6.55. The van der Waals surface area contributed by atoms with Crippen LogP contribution in [0, 0.1) is 11.2 Å². The highest BCUT2D eigenvalue weighted by atomic mass is 32.1. The van der Waals surface area contributed by atoms with Gasteiger partial charge in [0.2, 0.25) is 0 Å². The number of thiophene rings is 1. The van der Waals surface area contributed by atoms with Gasteiger partial charge >= 0.3 is 5.97 Å². The van der Waals surface area contributed by atoms with Gasteiger partial charge in [0.15, 0.2) is 5.41 Å². The molecule has 0 spiro atoms. The van der Waals surface area contributed by atoms with Crippen LogP contribution in [0.3, 0.4) is 0 Å². The average Bonchev–Trinajstić information content (AvgIpc) is 3.15. The van der Waals surface area contributed by atoms with E-state index in [1.807, 2.05) is 24.4 Å². The van der Waals surface area contributed by atoms with E-state index in [2.05, 4.69) is 10.5 Å². The number of carboxylic acid groups (broad SMARTS) is 1. The minimum absolute atomic E-state index is 0.0521. The molecule has 1 aliphatic carbocycles. The Morgan fingerprint density at radius 3 is 2.70 bits per heavy atom. The minimum atomic E-state index is -1.70. The number of carbonyl (C=O) groups excluding carboxylic acids is 1. The summed E-state index contributed by atoms with van der Waals surface area (Å²) >= 11 is 1.45. The van der Waals surface area contributed by atoms with Crippen molar-refractivity contribution in [1.29, 1.82) is 0 Å². The SMILES string of the molecule is CC1=CCC(C(=O)O)(C(=O)N/N=C/c2cccs2)C(c2ccc(F)cc2)C1. The maximum atomic E-state index is 13.3. The van der Waals surface area contributed by atoms with Crippen molar-refractivity contribution < 1.29 is 19.1 Å². The summed E-state index contributed by atoms with van der Waals surface area (Å²) in [5.41, 5.74) is 2.30. The highest BCUT2D eigenvalue weighted by molar-refractivity contribution is 7.11. The van der Waals surface area contributed by atoms with Crippen LogP contribution in [0.1, 0.15) is 36.1 Å². The fourth-order valence-electron chi connectivity index (χ4n) is 3.36. The van der Waals surface area contributed by atoms with E-state index in [9.17, 15) is 19.1 Å². The lowest BCUT2D eigenvalue weighted by Crippen LogP contribution is -2.50. The molecule has 0 bridgehead atoms. The maximum Gasteiger partial charge on any atom is 0.320 e. The van der Waals surface area contributed by atoms with Gasteiger partial charge < -0.3 is 5.11 Å². The third kappa shape index (κ3) is 3.83. The lowest BCUT2D eigenvalue weighted by molar-refractivity contribution is -0.158. The van der Waals surface area contributed by atoms with Gasteiger partial charge in [-0.15, -0.1) is 11.3 Å². The van der Waals surface area contributed by atoms with E-state index in [1.54, 1.807) is 18.2 Å². The van der Waals surface area contributed by atoms with Crippen LogP contribution in [0.2, 0.25) is 0 Å². The summed E-state index contributed by atoms with van der Waals surface area (Å²) in [5, 5.41) is 15.8. The van der Waals surface area contributed by atoms with Crippen molar-refractivity contribution >= 4 is 29.4 Å². The molecule has 0 saturated carbocycles. The summed E-state index contributed by atoms with van der Waals surface area (Å²) in [6.45, 7) is 1.90. The number of hydrogen-bond donors (Lipinski definition) is 2. The van der Waals surface area contributed by atoms with Crippen LogP contribution in [0.15, 0.2) is 58.5 Å². The zero-order valence-corrected chi connectivity index (χ0v) is 15.5. The van der Waals surface area contributed by atoms with Crippen LogP contribution < -0.4 is 5.43 Å². The number of hydrazone groups is 1.